The lowest BCUT2D eigenvalue weighted by atomic mass is 10.0. The van der Waals surface area contributed by atoms with Gasteiger partial charge in [0.25, 0.3) is 0 Å². The van der Waals surface area contributed by atoms with Crippen LogP contribution < -0.4 is 0 Å². The van der Waals surface area contributed by atoms with Gasteiger partial charge in [0.15, 0.2) is 0 Å². The van der Waals surface area contributed by atoms with Gasteiger partial charge >= 0.3 is 0 Å². The van der Waals surface area contributed by atoms with Gasteiger partial charge in [0.2, 0.25) is 0 Å². The molecule has 1 aromatic carbocycles. The largest absolute Gasteiger partial charge is 0.331 e. The molecule has 0 amide bonds. The van der Waals surface area contributed by atoms with E-state index in [0.717, 1.165) is 30.0 Å². The van der Waals surface area contributed by atoms with Gasteiger partial charge in [-0.1, -0.05) is 24.3 Å². The minimum atomic E-state index is 0.377. The number of pyridine rings is 1. The van der Waals surface area contributed by atoms with E-state index in [-0.39, 0.29) is 0 Å². The maximum Gasteiger partial charge on any atom is 0.139 e. The fourth-order valence-corrected chi connectivity index (χ4v) is 2.77. The molecule has 0 aliphatic rings. The van der Waals surface area contributed by atoms with Crippen LogP contribution >= 0.6 is 0 Å². The molecule has 0 unspecified atom stereocenters. The van der Waals surface area contributed by atoms with Gasteiger partial charge in [-0.15, -0.1) is 0 Å². The maximum absolute atomic E-state index is 4.57. The second kappa shape index (κ2) is 7.41. The third-order valence-electron chi connectivity index (χ3n) is 4.45. The van der Waals surface area contributed by atoms with Crippen LogP contribution in [0.1, 0.15) is 24.2 Å². The lowest BCUT2D eigenvalue weighted by Gasteiger charge is -2.20. The fraction of sp³-hybridized carbons (Fsp3) is 0.300. The average Bonchev–Trinajstić information content (AvgIpc) is 3.09. The third-order valence-corrected chi connectivity index (χ3v) is 4.45. The Labute approximate surface area is 143 Å². The predicted octanol–water partition coefficient (Wildman–Crippen LogP) is 3.81. The zero-order valence-corrected chi connectivity index (χ0v) is 14.6. The maximum atomic E-state index is 4.57. The van der Waals surface area contributed by atoms with Gasteiger partial charge in [0.1, 0.15) is 5.82 Å². The van der Waals surface area contributed by atoms with Gasteiger partial charge in [-0.25, -0.2) is 4.98 Å². The molecule has 0 saturated carbocycles. The molecule has 0 bridgehead atoms. The summed E-state index contributed by atoms with van der Waals surface area (Å²) in [6.07, 6.45) is 6.66. The van der Waals surface area contributed by atoms with Crippen molar-refractivity contribution in [2.75, 3.05) is 14.1 Å². The van der Waals surface area contributed by atoms with Crippen LogP contribution in [0.2, 0.25) is 0 Å². The van der Waals surface area contributed by atoms with Crippen LogP contribution in [0.4, 0.5) is 0 Å². The van der Waals surface area contributed by atoms with Crippen molar-refractivity contribution in [2.45, 2.75) is 25.9 Å². The van der Waals surface area contributed by atoms with Crippen LogP contribution in [-0.4, -0.2) is 33.5 Å². The van der Waals surface area contributed by atoms with E-state index in [1.54, 1.807) is 0 Å². The Balaban J connectivity index is 1.81. The summed E-state index contributed by atoms with van der Waals surface area (Å²) < 4.78 is 2.20. The molecule has 0 fully saturated rings. The number of hydrogen-bond acceptors (Lipinski definition) is 3. The minimum Gasteiger partial charge on any atom is -0.331 e. The molecular formula is C20H24N4. The van der Waals surface area contributed by atoms with E-state index in [1.165, 1.54) is 5.56 Å². The SMILES string of the molecule is C[C@@H](c1cccc(-c2nccn2CCc2ccccn2)c1)N(C)C. The molecule has 3 aromatic rings. The summed E-state index contributed by atoms with van der Waals surface area (Å²) in [6.45, 7) is 3.09. The van der Waals surface area contributed by atoms with E-state index in [4.69, 9.17) is 0 Å². The van der Waals surface area contributed by atoms with Crippen LogP contribution in [0, 0.1) is 0 Å². The first-order valence-corrected chi connectivity index (χ1v) is 8.33. The Kier molecular flexibility index (Phi) is 5.06. The van der Waals surface area contributed by atoms with Crippen molar-refractivity contribution in [1.29, 1.82) is 0 Å². The van der Waals surface area contributed by atoms with E-state index in [2.05, 4.69) is 70.8 Å². The number of rotatable bonds is 6. The topological polar surface area (TPSA) is 34.0 Å². The van der Waals surface area contributed by atoms with E-state index in [1.807, 2.05) is 30.7 Å². The molecule has 0 radical (unpaired) electrons. The lowest BCUT2D eigenvalue weighted by Crippen LogP contribution is -2.16. The van der Waals surface area contributed by atoms with Gasteiger partial charge in [0.05, 0.1) is 0 Å². The van der Waals surface area contributed by atoms with Gasteiger partial charge in [-0.3, -0.25) is 4.98 Å². The second-order valence-corrected chi connectivity index (χ2v) is 6.28. The van der Waals surface area contributed by atoms with E-state index < -0.39 is 0 Å². The highest BCUT2D eigenvalue weighted by Crippen LogP contribution is 2.24. The highest BCUT2D eigenvalue weighted by Gasteiger charge is 2.11. The molecule has 2 aromatic heterocycles. The van der Waals surface area contributed by atoms with Crippen molar-refractivity contribution < 1.29 is 0 Å². The van der Waals surface area contributed by atoms with Gasteiger partial charge in [-0.2, -0.15) is 0 Å². The molecule has 0 N–H and O–H groups in total. The molecule has 0 aliphatic carbocycles. The smallest absolute Gasteiger partial charge is 0.139 e. The number of aryl methyl sites for hydroxylation is 2. The number of hydrogen-bond donors (Lipinski definition) is 0. The summed E-state index contributed by atoms with van der Waals surface area (Å²) in [6, 6.07) is 15.1. The monoisotopic (exact) mass is 320 g/mol. The molecule has 4 nitrogen and oxygen atoms in total. The summed E-state index contributed by atoms with van der Waals surface area (Å²) >= 11 is 0. The molecule has 4 heteroatoms. The number of aromatic nitrogens is 3. The van der Waals surface area contributed by atoms with Crippen molar-refractivity contribution >= 4 is 0 Å². The Morgan fingerprint density at radius 2 is 1.92 bits per heavy atom. The van der Waals surface area contributed by atoms with Gasteiger partial charge in [-0.05, 0) is 44.8 Å². The first-order valence-electron chi connectivity index (χ1n) is 8.33. The predicted molar refractivity (Wildman–Crippen MR) is 97.7 cm³/mol. The van der Waals surface area contributed by atoms with E-state index >= 15 is 0 Å². The van der Waals surface area contributed by atoms with Crippen LogP contribution in [0.15, 0.2) is 61.1 Å². The average molecular weight is 320 g/mol. The molecule has 0 saturated heterocycles. The molecule has 2 heterocycles. The number of benzene rings is 1. The molecule has 1 atom stereocenters. The van der Waals surface area contributed by atoms with Crippen LogP contribution in [-0.2, 0) is 13.0 Å². The fourth-order valence-electron chi connectivity index (χ4n) is 2.77. The number of imidazole rings is 1. The minimum absolute atomic E-state index is 0.377. The summed E-state index contributed by atoms with van der Waals surface area (Å²) in [5.41, 5.74) is 3.57. The standard InChI is InChI=1S/C20H24N4/c1-16(23(2)3)17-7-6-8-18(15-17)20-22-12-14-24(20)13-10-19-9-4-5-11-21-19/h4-9,11-12,14-16H,10,13H2,1-3H3/t16-/m0/s1. The second-order valence-electron chi connectivity index (χ2n) is 6.28. The Morgan fingerprint density at radius 3 is 2.67 bits per heavy atom. The van der Waals surface area contributed by atoms with Crippen LogP contribution in [0.5, 0.6) is 0 Å². The van der Waals surface area contributed by atoms with Crippen molar-refractivity contribution in [3.05, 3.63) is 72.3 Å². The molecule has 0 spiro atoms. The lowest BCUT2D eigenvalue weighted by molar-refractivity contribution is 0.321. The summed E-state index contributed by atoms with van der Waals surface area (Å²) in [4.78, 5) is 11.2. The zero-order chi connectivity index (χ0) is 16.9. The van der Waals surface area contributed by atoms with Crippen molar-refractivity contribution in [1.82, 2.24) is 19.4 Å². The van der Waals surface area contributed by atoms with Crippen molar-refractivity contribution in [2.24, 2.45) is 0 Å². The van der Waals surface area contributed by atoms with E-state index in [0.29, 0.717) is 6.04 Å². The zero-order valence-electron chi connectivity index (χ0n) is 14.6. The molecule has 0 aliphatic heterocycles. The summed E-state index contributed by atoms with van der Waals surface area (Å²) in [7, 11) is 4.20. The van der Waals surface area contributed by atoms with Crippen LogP contribution in [0.3, 0.4) is 0 Å². The Hall–Kier alpha value is -2.46. The van der Waals surface area contributed by atoms with Crippen molar-refractivity contribution in [3.8, 4) is 11.4 Å². The van der Waals surface area contributed by atoms with Gasteiger partial charge in [0, 0.05) is 48.9 Å². The molecule has 124 valence electrons. The van der Waals surface area contributed by atoms with Crippen molar-refractivity contribution in [3.63, 3.8) is 0 Å². The normalized spacial score (nSPS) is 12.5. The van der Waals surface area contributed by atoms with Gasteiger partial charge < -0.3 is 9.47 Å². The first kappa shape index (κ1) is 16.4. The Bertz CT molecular complexity index is 777. The third kappa shape index (κ3) is 3.71. The van der Waals surface area contributed by atoms with Crippen LogP contribution in [0.25, 0.3) is 11.4 Å². The Morgan fingerprint density at radius 1 is 1.04 bits per heavy atom. The molecular weight excluding hydrogens is 296 g/mol. The van der Waals surface area contributed by atoms with E-state index in [9.17, 15) is 0 Å². The molecule has 3 rings (SSSR count). The summed E-state index contributed by atoms with van der Waals surface area (Å²) in [5.74, 6) is 1.01. The number of nitrogens with zero attached hydrogens (tertiary/aromatic N) is 4. The highest BCUT2D eigenvalue weighted by molar-refractivity contribution is 5.57. The first-order chi connectivity index (χ1) is 11.6. The molecule has 24 heavy (non-hydrogen) atoms. The quantitative estimate of drug-likeness (QED) is 0.692. The summed E-state index contributed by atoms with van der Waals surface area (Å²) in [5, 5.41) is 0. The highest BCUT2D eigenvalue weighted by atomic mass is 15.1.